The highest BCUT2D eigenvalue weighted by atomic mass is 79.9. The minimum absolute atomic E-state index is 0.215. The summed E-state index contributed by atoms with van der Waals surface area (Å²) in [7, 11) is 0. The Morgan fingerprint density at radius 2 is 2.15 bits per heavy atom. The highest BCUT2D eigenvalue weighted by Gasteiger charge is 2.10. The van der Waals surface area contributed by atoms with Crippen molar-refractivity contribution in [3.63, 3.8) is 0 Å². The molecule has 0 aliphatic carbocycles. The molecule has 112 valence electrons. The second kappa shape index (κ2) is 8.08. The Labute approximate surface area is 128 Å². The summed E-state index contributed by atoms with van der Waals surface area (Å²) in [5, 5.41) is 3.48. The number of halogens is 2. The quantitative estimate of drug-likeness (QED) is 0.803. The lowest BCUT2D eigenvalue weighted by molar-refractivity contribution is 0.0374. The number of hydrogen-bond acceptors (Lipinski definition) is 3. The van der Waals surface area contributed by atoms with E-state index in [2.05, 4.69) is 33.1 Å². The van der Waals surface area contributed by atoms with Gasteiger partial charge in [0, 0.05) is 19.1 Å². The number of benzene rings is 1. The lowest BCUT2D eigenvalue weighted by Crippen LogP contribution is -2.37. The highest BCUT2D eigenvalue weighted by molar-refractivity contribution is 9.10. The zero-order chi connectivity index (χ0) is 14.4. The van der Waals surface area contributed by atoms with Gasteiger partial charge in [0.1, 0.15) is 5.82 Å². The lowest BCUT2D eigenvalue weighted by atomic mass is 10.1. The molecule has 0 aromatic heterocycles. The van der Waals surface area contributed by atoms with E-state index in [1.165, 1.54) is 6.07 Å². The van der Waals surface area contributed by atoms with E-state index >= 15 is 0 Å². The first-order chi connectivity index (χ1) is 9.66. The predicted molar refractivity (Wildman–Crippen MR) is 82.4 cm³/mol. The van der Waals surface area contributed by atoms with Gasteiger partial charge < -0.3 is 10.1 Å². The van der Waals surface area contributed by atoms with E-state index in [0.717, 1.165) is 51.4 Å². The van der Waals surface area contributed by atoms with E-state index in [1.807, 2.05) is 12.1 Å². The molecule has 1 aromatic carbocycles. The Balaban J connectivity index is 1.69. The molecular weight excluding hydrogens is 323 g/mol. The van der Waals surface area contributed by atoms with Gasteiger partial charge in [-0.15, -0.1) is 0 Å². The molecule has 1 saturated heterocycles. The molecular formula is C15H22BrFN2O. The molecule has 1 unspecified atom stereocenters. The fourth-order valence-electron chi connectivity index (χ4n) is 2.35. The summed E-state index contributed by atoms with van der Waals surface area (Å²) in [5.41, 5.74) is 1.10. The SMILES string of the molecule is CC(NCCCN1CCOCC1)c1ccc(F)c(Br)c1. The largest absolute Gasteiger partial charge is 0.379 e. The van der Waals surface area contributed by atoms with Gasteiger partial charge in [-0.2, -0.15) is 0 Å². The third kappa shape index (κ3) is 4.81. The Morgan fingerprint density at radius 3 is 2.85 bits per heavy atom. The molecule has 1 N–H and O–H groups in total. The van der Waals surface area contributed by atoms with Crippen LogP contribution in [0.3, 0.4) is 0 Å². The molecule has 1 aliphatic rings. The molecule has 1 aliphatic heterocycles. The minimum Gasteiger partial charge on any atom is -0.379 e. The van der Waals surface area contributed by atoms with Gasteiger partial charge in [0.25, 0.3) is 0 Å². The van der Waals surface area contributed by atoms with Gasteiger partial charge >= 0.3 is 0 Å². The summed E-state index contributed by atoms with van der Waals surface area (Å²) in [6.45, 7) is 7.97. The molecule has 0 spiro atoms. The molecule has 0 radical (unpaired) electrons. The average Bonchev–Trinajstić information content (AvgIpc) is 2.47. The van der Waals surface area contributed by atoms with Crippen molar-refractivity contribution in [2.24, 2.45) is 0 Å². The molecule has 3 nitrogen and oxygen atoms in total. The number of nitrogens with one attached hydrogen (secondary N) is 1. The summed E-state index contributed by atoms with van der Waals surface area (Å²) < 4.78 is 19.0. The van der Waals surface area contributed by atoms with Gasteiger partial charge in [0.2, 0.25) is 0 Å². The van der Waals surface area contributed by atoms with E-state index in [-0.39, 0.29) is 11.9 Å². The molecule has 2 rings (SSSR count). The van der Waals surface area contributed by atoms with E-state index < -0.39 is 0 Å². The molecule has 1 atom stereocenters. The molecule has 0 amide bonds. The van der Waals surface area contributed by atoms with Crippen molar-refractivity contribution in [1.29, 1.82) is 0 Å². The van der Waals surface area contributed by atoms with Gasteiger partial charge in [-0.3, -0.25) is 4.90 Å². The van der Waals surface area contributed by atoms with E-state index in [9.17, 15) is 4.39 Å². The molecule has 0 bridgehead atoms. The first-order valence-electron chi connectivity index (χ1n) is 7.15. The first kappa shape index (κ1) is 15.9. The fraction of sp³-hybridized carbons (Fsp3) is 0.600. The number of rotatable bonds is 6. The zero-order valence-corrected chi connectivity index (χ0v) is 13.5. The third-order valence-electron chi connectivity index (χ3n) is 3.65. The fourth-order valence-corrected chi connectivity index (χ4v) is 2.74. The Morgan fingerprint density at radius 1 is 1.40 bits per heavy atom. The summed E-state index contributed by atoms with van der Waals surface area (Å²) >= 11 is 3.23. The van der Waals surface area contributed by atoms with E-state index in [4.69, 9.17) is 4.74 Å². The third-order valence-corrected chi connectivity index (χ3v) is 4.26. The molecule has 0 saturated carbocycles. The maximum atomic E-state index is 13.2. The van der Waals surface area contributed by atoms with Crippen molar-refractivity contribution < 1.29 is 9.13 Å². The van der Waals surface area contributed by atoms with Crippen LogP contribution in [0.4, 0.5) is 4.39 Å². The van der Waals surface area contributed by atoms with Crippen molar-refractivity contribution in [3.8, 4) is 0 Å². The summed E-state index contributed by atoms with van der Waals surface area (Å²) in [6, 6.07) is 5.41. The summed E-state index contributed by atoms with van der Waals surface area (Å²) in [6.07, 6.45) is 1.12. The lowest BCUT2D eigenvalue weighted by Gasteiger charge is -2.26. The number of ether oxygens (including phenoxy) is 1. The Kier molecular flexibility index (Phi) is 6.42. The predicted octanol–water partition coefficient (Wildman–Crippen LogP) is 2.96. The van der Waals surface area contributed by atoms with Crippen LogP contribution < -0.4 is 5.32 Å². The molecule has 20 heavy (non-hydrogen) atoms. The summed E-state index contributed by atoms with van der Waals surface area (Å²) in [4.78, 5) is 2.43. The first-order valence-corrected chi connectivity index (χ1v) is 7.94. The van der Waals surface area contributed by atoms with Crippen LogP contribution >= 0.6 is 15.9 Å². The minimum atomic E-state index is -0.215. The number of morpholine rings is 1. The van der Waals surface area contributed by atoms with Crippen molar-refractivity contribution >= 4 is 15.9 Å². The zero-order valence-electron chi connectivity index (χ0n) is 11.9. The Bertz CT molecular complexity index is 424. The normalized spacial score (nSPS) is 18.1. The van der Waals surface area contributed by atoms with Gasteiger partial charge in [-0.25, -0.2) is 4.39 Å². The van der Waals surface area contributed by atoms with E-state index in [0.29, 0.717) is 4.47 Å². The maximum absolute atomic E-state index is 13.2. The number of nitrogens with zero attached hydrogens (tertiary/aromatic N) is 1. The van der Waals surface area contributed by atoms with Crippen molar-refractivity contribution in [2.75, 3.05) is 39.4 Å². The van der Waals surface area contributed by atoms with Crippen molar-refractivity contribution in [1.82, 2.24) is 10.2 Å². The van der Waals surface area contributed by atoms with Crippen LogP contribution in [0.5, 0.6) is 0 Å². The molecule has 5 heteroatoms. The van der Waals surface area contributed by atoms with Crippen molar-refractivity contribution in [3.05, 3.63) is 34.1 Å². The van der Waals surface area contributed by atoms with E-state index in [1.54, 1.807) is 0 Å². The van der Waals surface area contributed by atoms with Crippen LogP contribution in [0.25, 0.3) is 0 Å². The van der Waals surface area contributed by atoms with Crippen LogP contribution in [0.2, 0.25) is 0 Å². The maximum Gasteiger partial charge on any atom is 0.137 e. The molecule has 1 aromatic rings. The average molecular weight is 345 g/mol. The van der Waals surface area contributed by atoms with Gasteiger partial charge in [0.15, 0.2) is 0 Å². The second-order valence-corrected chi connectivity index (χ2v) is 6.01. The van der Waals surface area contributed by atoms with Crippen LogP contribution in [0, 0.1) is 5.82 Å². The van der Waals surface area contributed by atoms with Gasteiger partial charge in [0.05, 0.1) is 17.7 Å². The van der Waals surface area contributed by atoms with Crippen molar-refractivity contribution in [2.45, 2.75) is 19.4 Å². The molecule has 1 heterocycles. The van der Waals surface area contributed by atoms with Crippen LogP contribution in [-0.4, -0.2) is 44.3 Å². The van der Waals surface area contributed by atoms with Gasteiger partial charge in [-0.05, 0) is 60.1 Å². The van der Waals surface area contributed by atoms with Crippen LogP contribution in [-0.2, 0) is 4.74 Å². The van der Waals surface area contributed by atoms with Crippen LogP contribution in [0.15, 0.2) is 22.7 Å². The Hall–Kier alpha value is -0.490. The highest BCUT2D eigenvalue weighted by Crippen LogP contribution is 2.21. The van der Waals surface area contributed by atoms with Crippen LogP contribution in [0.1, 0.15) is 24.9 Å². The second-order valence-electron chi connectivity index (χ2n) is 5.16. The number of hydrogen-bond donors (Lipinski definition) is 1. The van der Waals surface area contributed by atoms with Gasteiger partial charge in [-0.1, -0.05) is 6.07 Å². The standard InChI is InChI=1S/C15H22BrFN2O/c1-12(13-3-4-15(17)14(16)11-13)18-5-2-6-19-7-9-20-10-8-19/h3-4,11-12,18H,2,5-10H2,1H3. The smallest absolute Gasteiger partial charge is 0.137 e. The summed E-state index contributed by atoms with van der Waals surface area (Å²) in [5.74, 6) is -0.215. The monoisotopic (exact) mass is 344 g/mol. The topological polar surface area (TPSA) is 24.5 Å². The molecule has 1 fully saturated rings.